The molecule has 2 heterocycles. The first-order valence-electron chi connectivity index (χ1n) is 8.02. The molecular formula is C17H25N3O. The summed E-state index contributed by atoms with van der Waals surface area (Å²) in [7, 11) is 0. The summed E-state index contributed by atoms with van der Waals surface area (Å²) in [6.07, 6.45) is 7.39. The van der Waals surface area contributed by atoms with Crippen molar-refractivity contribution in [2.24, 2.45) is 11.8 Å². The first kappa shape index (κ1) is 14.4. The van der Waals surface area contributed by atoms with Crippen LogP contribution in [0.3, 0.4) is 0 Å². The highest BCUT2D eigenvalue weighted by Gasteiger charge is 2.18. The van der Waals surface area contributed by atoms with Crippen molar-refractivity contribution >= 4 is 0 Å². The maximum absolute atomic E-state index is 5.68. The largest absolute Gasteiger partial charge is 0.460 e. The number of aromatic amines is 1. The summed E-state index contributed by atoms with van der Waals surface area (Å²) in [5.74, 6) is 3.55. The molecule has 0 radical (unpaired) electrons. The van der Waals surface area contributed by atoms with Gasteiger partial charge in [0.2, 0.25) is 0 Å². The Bertz CT molecular complexity index is 564. The third kappa shape index (κ3) is 3.56. The number of aryl methyl sites for hydroxylation is 1. The van der Waals surface area contributed by atoms with Gasteiger partial charge in [-0.15, -0.1) is 0 Å². The van der Waals surface area contributed by atoms with E-state index in [0.717, 1.165) is 42.1 Å². The van der Waals surface area contributed by atoms with E-state index in [1.807, 2.05) is 25.3 Å². The van der Waals surface area contributed by atoms with Gasteiger partial charge in [0, 0.05) is 12.1 Å². The lowest BCUT2D eigenvalue weighted by atomic mass is 9.83. The third-order valence-electron chi connectivity index (χ3n) is 4.59. The number of hydrogen-bond acceptors (Lipinski definition) is 3. The van der Waals surface area contributed by atoms with Crippen LogP contribution < -0.4 is 5.32 Å². The van der Waals surface area contributed by atoms with Gasteiger partial charge in [-0.05, 0) is 50.3 Å². The van der Waals surface area contributed by atoms with E-state index in [1.54, 1.807) is 0 Å². The van der Waals surface area contributed by atoms with Crippen LogP contribution in [0.15, 0.2) is 22.7 Å². The zero-order valence-corrected chi connectivity index (χ0v) is 13.0. The average Bonchev–Trinajstić information content (AvgIpc) is 3.10. The molecule has 0 unspecified atom stereocenters. The summed E-state index contributed by atoms with van der Waals surface area (Å²) >= 11 is 0. The van der Waals surface area contributed by atoms with E-state index in [-0.39, 0.29) is 0 Å². The lowest BCUT2D eigenvalue weighted by Crippen LogP contribution is -2.25. The summed E-state index contributed by atoms with van der Waals surface area (Å²) in [6, 6.07) is 3.98. The summed E-state index contributed by atoms with van der Waals surface area (Å²) < 4.78 is 5.68. The standard InChI is InChI=1S/C17H25N3O/c1-12-3-6-14(7-4-12)9-18-10-15-11-19-20-17(15)16-8-5-13(2)21-16/h5,8,11-12,14,18H,3-4,6-7,9-10H2,1-2H3,(H,19,20). The lowest BCUT2D eigenvalue weighted by molar-refractivity contribution is 0.281. The Balaban J connectivity index is 1.53. The van der Waals surface area contributed by atoms with Crippen molar-refractivity contribution in [2.45, 2.75) is 46.1 Å². The molecule has 21 heavy (non-hydrogen) atoms. The fourth-order valence-corrected chi connectivity index (χ4v) is 3.17. The predicted molar refractivity (Wildman–Crippen MR) is 83.9 cm³/mol. The SMILES string of the molecule is Cc1ccc(-c2[nH]ncc2CNCC2CCC(C)CC2)o1. The topological polar surface area (TPSA) is 53.9 Å². The minimum absolute atomic E-state index is 0.836. The van der Waals surface area contributed by atoms with Gasteiger partial charge in [0.25, 0.3) is 0 Å². The fourth-order valence-electron chi connectivity index (χ4n) is 3.17. The highest BCUT2D eigenvalue weighted by atomic mass is 16.3. The molecule has 1 fully saturated rings. The molecule has 2 aromatic rings. The van der Waals surface area contributed by atoms with Crippen LogP contribution in [0.5, 0.6) is 0 Å². The quantitative estimate of drug-likeness (QED) is 0.877. The maximum atomic E-state index is 5.68. The molecule has 0 bridgehead atoms. The van der Waals surface area contributed by atoms with Crippen molar-refractivity contribution in [3.8, 4) is 11.5 Å². The Labute approximate surface area is 126 Å². The van der Waals surface area contributed by atoms with Crippen LogP contribution in [-0.4, -0.2) is 16.7 Å². The van der Waals surface area contributed by atoms with Crippen LogP contribution in [0, 0.1) is 18.8 Å². The van der Waals surface area contributed by atoms with Crippen molar-refractivity contribution in [3.63, 3.8) is 0 Å². The highest BCUT2D eigenvalue weighted by Crippen LogP contribution is 2.28. The Hall–Kier alpha value is -1.55. The van der Waals surface area contributed by atoms with Gasteiger partial charge in [-0.2, -0.15) is 5.10 Å². The Morgan fingerprint density at radius 2 is 2.10 bits per heavy atom. The predicted octanol–water partition coefficient (Wildman–Crippen LogP) is 3.89. The molecule has 3 rings (SSSR count). The summed E-state index contributed by atoms with van der Waals surface area (Å²) in [6.45, 7) is 6.28. The molecule has 1 aliphatic carbocycles. The van der Waals surface area contributed by atoms with Crippen LogP contribution in [-0.2, 0) is 6.54 Å². The van der Waals surface area contributed by atoms with Crippen LogP contribution in [0.2, 0.25) is 0 Å². The van der Waals surface area contributed by atoms with Gasteiger partial charge in [0.05, 0.1) is 6.20 Å². The second kappa shape index (κ2) is 6.48. The number of aromatic nitrogens is 2. The molecule has 0 amide bonds. The van der Waals surface area contributed by atoms with Gasteiger partial charge in [-0.1, -0.05) is 19.8 Å². The Morgan fingerprint density at radius 3 is 2.81 bits per heavy atom. The van der Waals surface area contributed by atoms with Crippen molar-refractivity contribution in [1.29, 1.82) is 0 Å². The van der Waals surface area contributed by atoms with Gasteiger partial charge < -0.3 is 9.73 Å². The van der Waals surface area contributed by atoms with Crippen LogP contribution >= 0.6 is 0 Å². The number of H-pyrrole nitrogens is 1. The second-order valence-corrected chi connectivity index (χ2v) is 6.44. The minimum atomic E-state index is 0.836. The number of rotatable bonds is 5. The molecule has 2 aromatic heterocycles. The van der Waals surface area contributed by atoms with Gasteiger partial charge in [-0.3, -0.25) is 5.10 Å². The number of nitrogens with zero attached hydrogens (tertiary/aromatic N) is 1. The monoisotopic (exact) mass is 287 g/mol. The number of furan rings is 1. The van der Waals surface area contributed by atoms with E-state index >= 15 is 0 Å². The molecule has 114 valence electrons. The number of nitrogens with one attached hydrogen (secondary N) is 2. The smallest absolute Gasteiger partial charge is 0.152 e. The molecule has 0 aromatic carbocycles. The van der Waals surface area contributed by atoms with E-state index in [9.17, 15) is 0 Å². The van der Waals surface area contributed by atoms with Crippen molar-refractivity contribution in [3.05, 3.63) is 29.7 Å². The molecule has 0 atom stereocenters. The molecule has 2 N–H and O–H groups in total. The molecule has 0 aliphatic heterocycles. The third-order valence-corrected chi connectivity index (χ3v) is 4.59. The van der Waals surface area contributed by atoms with E-state index in [1.165, 1.54) is 31.2 Å². The molecule has 0 saturated heterocycles. The zero-order chi connectivity index (χ0) is 14.7. The van der Waals surface area contributed by atoms with Gasteiger partial charge in [0.1, 0.15) is 11.5 Å². The van der Waals surface area contributed by atoms with Gasteiger partial charge >= 0.3 is 0 Å². The fraction of sp³-hybridized carbons (Fsp3) is 0.588. The van der Waals surface area contributed by atoms with Crippen molar-refractivity contribution in [2.75, 3.05) is 6.54 Å². The average molecular weight is 287 g/mol. The molecule has 4 heteroatoms. The summed E-state index contributed by atoms with van der Waals surface area (Å²) in [4.78, 5) is 0. The van der Waals surface area contributed by atoms with Crippen LogP contribution in [0.4, 0.5) is 0 Å². The normalized spacial score (nSPS) is 22.6. The van der Waals surface area contributed by atoms with Gasteiger partial charge in [0.15, 0.2) is 5.76 Å². The van der Waals surface area contributed by atoms with E-state index < -0.39 is 0 Å². The molecular weight excluding hydrogens is 262 g/mol. The van der Waals surface area contributed by atoms with E-state index in [4.69, 9.17) is 4.42 Å². The van der Waals surface area contributed by atoms with Crippen LogP contribution in [0.1, 0.15) is 43.9 Å². The van der Waals surface area contributed by atoms with Crippen LogP contribution in [0.25, 0.3) is 11.5 Å². The number of hydrogen-bond donors (Lipinski definition) is 2. The Morgan fingerprint density at radius 1 is 1.29 bits per heavy atom. The summed E-state index contributed by atoms with van der Waals surface area (Å²) in [5, 5.41) is 10.8. The molecule has 1 saturated carbocycles. The molecule has 1 aliphatic rings. The maximum Gasteiger partial charge on any atom is 0.152 e. The highest BCUT2D eigenvalue weighted by molar-refractivity contribution is 5.56. The first-order valence-corrected chi connectivity index (χ1v) is 8.02. The zero-order valence-electron chi connectivity index (χ0n) is 13.0. The lowest BCUT2D eigenvalue weighted by Gasteiger charge is -2.26. The van der Waals surface area contributed by atoms with Crippen molar-refractivity contribution in [1.82, 2.24) is 15.5 Å². The summed E-state index contributed by atoms with van der Waals surface area (Å²) in [5.41, 5.74) is 2.17. The molecule has 0 spiro atoms. The minimum Gasteiger partial charge on any atom is -0.460 e. The second-order valence-electron chi connectivity index (χ2n) is 6.44. The molecule has 4 nitrogen and oxygen atoms in total. The Kier molecular flexibility index (Phi) is 4.44. The van der Waals surface area contributed by atoms with Gasteiger partial charge in [-0.25, -0.2) is 0 Å². The van der Waals surface area contributed by atoms with E-state index in [2.05, 4.69) is 22.4 Å². The van der Waals surface area contributed by atoms with Crippen molar-refractivity contribution < 1.29 is 4.42 Å². The first-order chi connectivity index (χ1) is 10.2. The van der Waals surface area contributed by atoms with E-state index in [0.29, 0.717) is 0 Å².